The normalized spacial score (nSPS) is 12.4. The molecule has 2 nitrogen and oxygen atoms in total. The third kappa shape index (κ3) is 5.65. The molecule has 0 radical (unpaired) electrons. The summed E-state index contributed by atoms with van der Waals surface area (Å²) in [6.45, 7) is 2.01. The van der Waals surface area contributed by atoms with Crippen LogP contribution in [-0.2, 0) is 4.79 Å². The first-order valence-electron chi connectivity index (χ1n) is 7.16. The Kier molecular flexibility index (Phi) is 7.04. The number of aliphatic hydroxyl groups is 1. The van der Waals surface area contributed by atoms with Gasteiger partial charge in [0, 0.05) is 5.56 Å². The number of rotatable bonds is 7. The van der Waals surface area contributed by atoms with Crippen LogP contribution in [0.15, 0.2) is 30.3 Å². The number of alkyl halides is 2. The summed E-state index contributed by atoms with van der Waals surface area (Å²) in [7, 11) is 0. The summed E-state index contributed by atoms with van der Waals surface area (Å²) >= 11 is 0. The zero-order valence-corrected chi connectivity index (χ0v) is 12.1. The predicted molar refractivity (Wildman–Crippen MR) is 78.0 cm³/mol. The van der Waals surface area contributed by atoms with Crippen molar-refractivity contribution in [3.63, 3.8) is 0 Å². The molecule has 0 aliphatic heterocycles. The van der Waals surface area contributed by atoms with Crippen LogP contribution in [0, 0.1) is 11.8 Å². The Morgan fingerprint density at radius 3 is 2.52 bits per heavy atom. The molecular weight excluding hydrogens is 274 g/mol. The van der Waals surface area contributed by atoms with Gasteiger partial charge < -0.3 is 5.11 Å². The number of unbranched alkanes of at least 4 members (excludes halogenated alkanes) is 3. The molecule has 114 valence electrons. The van der Waals surface area contributed by atoms with Gasteiger partial charge in [-0.3, -0.25) is 4.79 Å². The third-order valence-electron chi connectivity index (χ3n) is 3.15. The van der Waals surface area contributed by atoms with Crippen LogP contribution in [-0.4, -0.2) is 22.9 Å². The second kappa shape index (κ2) is 8.53. The Labute approximate surface area is 124 Å². The van der Waals surface area contributed by atoms with Gasteiger partial charge in [-0.25, -0.2) is 0 Å². The summed E-state index contributed by atoms with van der Waals surface area (Å²) in [5, 5.41) is 9.51. The highest BCUT2D eigenvalue weighted by atomic mass is 19.3. The Bertz CT molecular complexity index is 501. The summed E-state index contributed by atoms with van der Waals surface area (Å²) in [5.74, 6) is -1.03. The molecule has 0 saturated heterocycles. The number of ketones is 1. The van der Waals surface area contributed by atoms with Crippen molar-refractivity contribution in [1.82, 2.24) is 0 Å². The number of aliphatic hydroxyl groups excluding tert-OH is 1. The van der Waals surface area contributed by atoms with Crippen LogP contribution in [0.4, 0.5) is 8.78 Å². The van der Waals surface area contributed by atoms with Gasteiger partial charge in [0.25, 0.3) is 5.78 Å². The third-order valence-corrected chi connectivity index (χ3v) is 3.15. The first kappa shape index (κ1) is 17.3. The quantitative estimate of drug-likeness (QED) is 0.616. The molecule has 4 heteroatoms. The van der Waals surface area contributed by atoms with Crippen LogP contribution in [0.25, 0.3) is 0 Å². The maximum Gasteiger partial charge on any atom is 0.342 e. The van der Waals surface area contributed by atoms with Gasteiger partial charge in [-0.1, -0.05) is 56.7 Å². The number of benzene rings is 1. The molecule has 0 saturated carbocycles. The number of Topliss-reactive ketones (excluding diaryl/α,β-unsaturated/α-hetero) is 1. The van der Waals surface area contributed by atoms with Crippen molar-refractivity contribution < 1.29 is 18.7 Å². The molecule has 0 heterocycles. The Morgan fingerprint density at radius 2 is 1.90 bits per heavy atom. The van der Waals surface area contributed by atoms with Crippen molar-refractivity contribution in [1.29, 1.82) is 0 Å². The van der Waals surface area contributed by atoms with Gasteiger partial charge >= 0.3 is 5.92 Å². The van der Waals surface area contributed by atoms with Gasteiger partial charge in [-0.2, -0.15) is 8.78 Å². The molecule has 21 heavy (non-hydrogen) atoms. The van der Waals surface area contributed by atoms with Gasteiger partial charge in [0.2, 0.25) is 0 Å². The van der Waals surface area contributed by atoms with Crippen LogP contribution in [0.1, 0.15) is 44.6 Å². The number of carbonyl (C=O) groups excluding carboxylic acids is 1. The van der Waals surface area contributed by atoms with Crippen molar-refractivity contribution in [2.75, 3.05) is 0 Å². The first-order chi connectivity index (χ1) is 9.98. The van der Waals surface area contributed by atoms with Gasteiger partial charge in [-0.05, 0) is 24.5 Å². The summed E-state index contributed by atoms with van der Waals surface area (Å²) < 4.78 is 27.4. The molecular formula is C17H20F2O2. The predicted octanol–water partition coefficient (Wildman–Crippen LogP) is 3.57. The molecule has 0 spiro atoms. The number of hydrogen-bond acceptors (Lipinski definition) is 2. The molecule has 0 bridgehead atoms. The van der Waals surface area contributed by atoms with E-state index in [4.69, 9.17) is 0 Å². The topological polar surface area (TPSA) is 37.3 Å². The van der Waals surface area contributed by atoms with E-state index in [0.717, 1.165) is 19.3 Å². The van der Waals surface area contributed by atoms with Crippen LogP contribution in [0.5, 0.6) is 0 Å². The smallest absolute Gasteiger partial charge is 0.342 e. The SMILES string of the molecule is CCCCCCC(O)C(F)(F)C(=O)C#Cc1ccccc1. The van der Waals surface area contributed by atoms with E-state index in [1.165, 1.54) is 0 Å². The number of carbonyl (C=O) groups is 1. The fourth-order valence-corrected chi connectivity index (χ4v) is 1.83. The average molecular weight is 294 g/mol. The lowest BCUT2D eigenvalue weighted by molar-refractivity contribution is -0.155. The molecule has 1 aromatic carbocycles. The van der Waals surface area contributed by atoms with Gasteiger partial charge in [0.1, 0.15) is 6.10 Å². The lowest BCUT2D eigenvalue weighted by Crippen LogP contribution is -2.40. The van der Waals surface area contributed by atoms with Crippen LogP contribution in [0.3, 0.4) is 0 Å². The Morgan fingerprint density at radius 1 is 1.24 bits per heavy atom. The lowest BCUT2D eigenvalue weighted by atomic mass is 10.0. The Balaban J connectivity index is 2.60. The number of halogens is 2. The van der Waals surface area contributed by atoms with E-state index >= 15 is 0 Å². The molecule has 1 aromatic rings. The van der Waals surface area contributed by atoms with Crippen LogP contribution in [0.2, 0.25) is 0 Å². The zero-order chi connectivity index (χ0) is 15.7. The van der Waals surface area contributed by atoms with Crippen molar-refractivity contribution >= 4 is 5.78 Å². The molecule has 0 amide bonds. The number of hydrogen-bond donors (Lipinski definition) is 1. The van der Waals surface area contributed by atoms with Gasteiger partial charge in [0.15, 0.2) is 0 Å². The molecule has 0 fully saturated rings. The van der Waals surface area contributed by atoms with Crippen LogP contribution >= 0.6 is 0 Å². The van der Waals surface area contributed by atoms with E-state index in [1.807, 2.05) is 12.8 Å². The fraction of sp³-hybridized carbons (Fsp3) is 0.471. The van der Waals surface area contributed by atoms with Crippen molar-refractivity contribution in [2.45, 2.75) is 51.1 Å². The summed E-state index contributed by atoms with van der Waals surface area (Å²) in [6.07, 6.45) is 1.10. The minimum atomic E-state index is -3.81. The molecule has 1 rings (SSSR count). The second-order valence-electron chi connectivity index (χ2n) is 4.93. The largest absolute Gasteiger partial charge is 0.386 e. The lowest BCUT2D eigenvalue weighted by Gasteiger charge is -2.18. The monoisotopic (exact) mass is 294 g/mol. The average Bonchev–Trinajstić information content (AvgIpc) is 2.49. The summed E-state index contributed by atoms with van der Waals surface area (Å²) in [5.41, 5.74) is 0.485. The minimum Gasteiger partial charge on any atom is -0.386 e. The van der Waals surface area contributed by atoms with Crippen molar-refractivity contribution in [3.05, 3.63) is 35.9 Å². The van der Waals surface area contributed by atoms with E-state index in [9.17, 15) is 18.7 Å². The molecule has 0 aliphatic carbocycles. The minimum absolute atomic E-state index is 0.0915. The van der Waals surface area contributed by atoms with Gasteiger partial charge in [-0.15, -0.1) is 0 Å². The highest BCUT2D eigenvalue weighted by Gasteiger charge is 2.45. The first-order valence-corrected chi connectivity index (χ1v) is 7.16. The van der Waals surface area contributed by atoms with E-state index in [2.05, 4.69) is 5.92 Å². The highest BCUT2D eigenvalue weighted by molar-refractivity contribution is 6.01. The molecule has 1 unspecified atom stereocenters. The second-order valence-corrected chi connectivity index (χ2v) is 4.93. The molecule has 1 atom stereocenters. The summed E-state index contributed by atoms with van der Waals surface area (Å²) in [4.78, 5) is 11.5. The highest BCUT2D eigenvalue weighted by Crippen LogP contribution is 2.24. The maximum atomic E-state index is 13.7. The fourth-order valence-electron chi connectivity index (χ4n) is 1.83. The Hall–Kier alpha value is -1.73. The standard InChI is InChI=1S/C17H20F2O2/c1-2-3-4-8-11-15(20)17(18,19)16(21)13-12-14-9-6-5-7-10-14/h5-7,9-10,15,20H,2-4,8,11H2,1H3. The van der Waals surface area contributed by atoms with Crippen LogP contribution < -0.4 is 0 Å². The zero-order valence-electron chi connectivity index (χ0n) is 12.1. The molecule has 1 N–H and O–H groups in total. The van der Waals surface area contributed by atoms with Gasteiger partial charge in [0.05, 0.1) is 0 Å². The van der Waals surface area contributed by atoms with Crippen molar-refractivity contribution in [3.8, 4) is 11.8 Å². The molecule has 0 aromatic heterocycles. The summed E-state index contributed by atoms with van der Waals surface area (Å²) in [6, 6.07) is 8.42. The van der Waals surface area contributed by atoms with E-state index < -0.39 is 17.8 Å². The van der Waals surface area contributed by atoms with E-state index in [-0.39, 0.29) is 6.42 Å². The molecule has 0 aliphatic rings. The maximum absolute atomic E-state index is 13.7. The van der Waals surface area contributed by atoms with E-state index in [1.54, 1.807) is 30.3 Å². The van der Waals surface area contributed by atoms with E-state index in [0.29, 0.717) is 12.0 Å². The van der Waals surface area contributed by atoms with Crippen molar-refractivity contribution in [2.24, 2.45) is 0 Å².